The number of hydrogen-bond donors (Lipinski definition) is 4. The minimum absolute atomic E-state index is 0.00651. The minimum atomic E-state index is -0.198. The highest BCUT2D eigenvalue weighted by atomic mass is 16.3. The molecular formula is C25H28N4O3. The van der Waals surface area contributed by atoms with Crippen molar-refractivity contribution in [2.24, 2.45) is 5.73 Å². The highest BCUT2D eigenvalue weighted by molar-refractivity contribution is 6.07. The standard InChI is InChI=1S/C25H28N4O3/c26-21-15-20(21)16-7-9-17(10-8-16)29-23(31)6-2-1-3-13-28-25(32)19-11-12-22(30)24-18(19)5-4-14-27-24/h4-5,7-12,14,20-21,30H,1-3,6,13,15,26H2,(H,28,32)(H,29,31)/t20-,21+/m1/s1. The van der Waals surface area contributed by atoms with Crippen LogP contribution in [-0.2, 0) is 4.79 Å². The van der Waals surface area contributed by atoms with E-state index >= 15 is 0 Å². The minimum Gasteiger partial charge on any atom is -0.506 e. The fraction of sp³-hybridized carbons (Fsp3) is 0.320. The zero-order valence-corrected chi connectivity index (χ0v) is 17.9. The third kappa shape index (κ3) is 5.23. The molecular weight excluding hydrogens is 404 g/mol. The van der Waals surface area contributed by atoms with Gasteiger partial charge in [0.05, 0.1) is 0 Å². The first-order chi connectivity index (χ1) is 15.5. The Labute approximate surface area is 187 Å². The van der Waals surface area contributed by atoms with Gasteiger partial charge in [-0.2, -0.15) is 0 Å². The van der Waals surface area contributed by atoms with E-state index in [0.29, 0.717) is 35.3 Å². The molecule has 0 spiro atoms. The van der Waals surface area contributed by atoms with E-state index in [4.69, 9.17) is 5.73 Å². The number of fused-ring (bicyclic) bond motifs is 1. The van der Waals surface area contributed by atoms with Crippen LogP contribution in [-0.4, -0.2) is 34.5 Å². The number of anilines is 1. The lowest BCUT2D eigenvalue weighted by atomic mass is 10.1. The van der Waals surface area contributed by atoms with E-state index in [-0.39, 0.29) is 23.6 Å². The van der Waals surface area contributed by atoms with Crippen LogP contribution in [0.2, 0.25) is 0 Å². The normalized spacial score (nSPS) is 17.2. The van der Waals surface area contributed by atoms with Crippen LogP contribution in [0, 0.1) is 0 Å². The maximum Gasteiger partial charge on any atom is 0.251 e. The first-order valence-corrected chi connectivity index (χ1v) is 11.0. The number of benzene rings is 2. The number of amides is 2. The third-order valence-electron chi connectivity index (χ3n) is 5.82. The maximum absolute atomic E-state index is 12.5. The summed E-state index contributed by atoms with van der Waals surface area (Å²) < 4.78 is 0. The summed E-state index contributed by atoms with van der Waals surface area (Å²) >= 11 is 0. The topological polar surface area (TPSA) is 117 Å². The summed E-state index contributed by atoms with van der Waals surface area (Å²) in [7, 11) is 0. The van der Waals surface area contributed by atoms with Gasteiger partial charge < -0.3 is 21.5 Å². The largest absolute Gasteiger partial charge is 0.506 e. The van der Waals surface area contributed by atoms with E-state index in [2.05, 4.69) is 15.6 Å². The first-order valence-electron chi connectivity index (χ1n) is 11.0. The second-order valence-corrected chi connectivity index (χ2v) is 8.27. The van der Waals surface area contributed by atoms with Crippen molar-refractivity contribution in [3.8, 4) is 5.75 Å². The van der Waals surface area contributed by atoms with Gasteiger partial charge in [-0.15, -0.1) is 0 Å². The van der Waals surface area contributed by atoms with Crippen LogP contribution in [0.4, 0.5) is 5.69 Å². The number of carbonyl (C=O) groups is 2. The van der Waals surface area contributed by atoms with Crippen LogP contribution < -0.4 is 16.4 Å². The van der Waals surface area contributed by atoms with Crippen LogP contribution >= 0.6 is 0 Å². The highest BCUT2D eigenvalue weighted by Crippen LogP contribution is 2.39. The number of carbonyl (C=O) groups excluding carboxylic acids is 2. The number of nitrogens with one attached hydrogen (secondary N) is 2. The van der Waals surface area contributed by atoms with E-state index in [1.807, 2.05) is 24.3 Å². The molecule has 4 rings (SSSR count). The van der Waals surface area contributed by atoms with E-state index in [9.17, 15) is 14.7 Å². The Bertz CT molecular complexity index is 1110. The summed E-state index contributed by atoms with van der Waals surface area (Å²) in [4.78, 5) is 28.8. The van der Waals surface area contributed by atoms with E-state index in [1.165, 1.54) is 11.6 Å². The van der Waals surface area contributed by atoms with Crippen molar-refractivity contribution < 1.29 is 14.7 Å². The molecule has 0 unspecified atom stereocenters. The lowest BCUT2D eigenvalue weighted by Gasteiger charge is -2.09. The van der Waals surface area contributed by atoms with Crippen LogP contribution in [0.15, 0.2) is 54.7 Å². The summed E-state index contributed by atoms with van der Waals surface area (Å²) in [6.45, 7) is 0.522. The molecule has 3 aromatic rings. The van der Waals surface area contributed by atoms with E-state index < -0.39 is 0 Å². The molecule has 5 N–H and O–H groups in total. The molecule has 1 aromatic heterocycles. The molecule has 7 heteroatoms. The second kappa shape index (κ2) is 9.78. The molecule has 2 atom stereocenters. The number of aromatic nitrogens is 1. The number of phenols is 1. The average Bonchev–Trinajstić information content (AvgIpc) is 3.53. The van der Waals surface area contributed by atoms with Crippen LogP contribution in [0.25, 0.3) is 10.9 Å². The summed E-state index contributed by atoms with van der Waals surface area (Å²) in [5.41, 5.74) is 8.81. The molecule has 0 aliphatic heterocycles. The zero-order chi connectivity index (χ0) is 22.5. The molecule has 2 amide bonds. The number of phenolic OH excluding ortho intramolecular Hbond substituents is 1. The van der Waals surface area contributed by atoms with Crippen molar-refractivity contribution in [3.63, 3.8) is 0 Å². The van der Waals surface area contributed by atoms with Gasteiger partial charge in [-0.1, -0.05) is 24.6 Å². The van der Waals surface area contributed by atoms with Gasteiger partial charge in [0.25, 0.3) is 5.91 Å². The summed E-state index contributed by atoms with van der Waals surface area (Å²) in [6.07, 6.45) is 5.43. The SMILES string of the molecule is N[C@H]1C[C@@H]1c1ccc(NC(=O)CCCCCNC(=O)c2ccc(O)c3ncccc23)cc1. The van der Waals surface area contributed by atoms with Gasteiger partial charge in [-0.05, 0) is 55.2 Å². The lowest BCUT2D eigenvalue weighted by molar-refractivity contribution is -0.116. The molecule has 32 heavy (non-hydrogen) atoms. The molecule has 1 heterocycles. The predicted octanol–water partition coefficient (Wildman–Crippen LogP) is 3.68. The molecule has 1 saturated carbocycles. The predicted molar refractivity (Wildman–Crippen MR) is 125 cm³/mol. The Hall–Kier alpha value is -3.45. The van der Waals surface area contributed by atoms with Crippen molar-refractivity contribution in [2.75, 3.05) is 11.9 Å². The Morgan fingerprint density at radius 2 is 1.84 bits per heavy atom. The molecule has 7 nitrogen and oxygen atoms in total. The summed E-state index contributed by atoms with van der Waals surface area (Å²) in [5.74, 6) is 0.312. The molecule has 2 aromatic carbocycles. The zero-order valence-electron chi connectivity index (χ0n) is 17.9. The number of aromatic hydroxyl groups is 1. The van der Waals surface area contributed by atoms with Crippen LogP contribution in [0.3, 0.4) is 0 Å². The number of nitrogens with two attached hydrogens (primary N) is 1. The molecule has 1 aliphatic carbocycles. The summed E-state index contributed by atoms with van der Waals surface area (Å²) in [5, 5.41) is 16.4. The van der Waals surface area contributed by atoms with Gasteiger partial charge >= 0.3 is 0 Å². The van der Waals surface area contributed by atoms with E-state index in [1.54, 1.807) is 24.4 Å². The van der Waals surface area contributed by atoms with Crippen molar-refractivity contribution in [1.29, 1.82) is 0 Å². The number of nitrogens with zero attached hydrogens (tertiary/aromatic N) is 1. The van der Waals surface area contributed by atoms with Crippen molar-refractivity contribution in [1.82, 2.24) is 10.3 Å². The Balaban J connectivity index is 1.15. The smallest absolute Gasteiger partial charge is 0.251 e. The average molecular weight is 433 g/mol. The quantitative estimate of drug-likeness (QED) is 0.385. The number of pyridine rings is 1. The fourth-order valence-electron chi connectivity index (χ4n) is 3.88. The van der Waals surface area contributed by atoms with Crippen molar-refractivity contribution in [2.45, 2.75) is 44.1 Å². The van der Waals surface area contributed by atoms with Gasteiger partial charge in [0, 0.05) is 47.8 Å². The van der Waals surface area contributed by atoms with E-state index in [0.717, 1.165) is 31.4 Å². The molecule has 0 radical (unpaired) electrons. The first kappa shape index (κ1) is 21.8. The number of rotatable bonds is 9. The monoisotopic (exact) mass is 432 g/mol. The molecule has 0 saturated heterocycles. The fourth-order valence-corrected chi connectivity index (χ4v) is 3.88. The van der Waals surface area contributed by atoms with Crippen molar-refractivity contribution in [3.05, 3.63) is 65.9 Å². The molecule has 1 fully saturated rings. The Kier molecular flexibility index (Phi) is 6.66. The maximum atomic E-state index is 12.5. The van der Waals surface area contributed by atoms with Gasteiger partial charge in [-0.25, -0.2) is 0 Å². The van der Waals surface area contributed by atoms with Gasteiger partial charge in [0.15, 0.2) is 0 Å². The molecule has 0 bridgehead atoms. The van der Waals surface area contributed by atoms with Crippen LogP contribution in [0.5, 0.6) is 5.75 Å². The van der Waals surface area contributed by atoms with Crippen molar-refractivity contribution >= 4 is 28.4 Å². The number of hydrogen-bond acceptors (Lipinski definition) is 5. The van der Waals surface area contributed by atoms with Crippen LogP contribution in [0.1, 0.15) is 53.9 Å². The number of unbranched alkanes of at least 4 members (excludes halogenated alkanes) is 2. The third-order valence-corrected chi connectivity index (χ3v) is 5.82. The molecule has 1 aliphatic rings. The molecule has 166 valence electrons. The second-order valence-electron chi connectivity index (χ2n) is 8.27. The van der Waals surface area contributed by atoms with Gasteiger partial charge in [0.2, 0.25) is 5.91 Å². The van der Waals surface area contributed by atoms with Gasteiger partial charge in [0.1, 0.15) is 11.3 Å². The summed E-state index contributed by atoms with van der Waals surface area (Å²) in [6, 6.07) is 14.8. The van der Waals surface area contributed by atoms with Gasteiger partial charge in [-0.3, -0.25) is 14.6 Å². The Morgan fingerprint density at radius 1 is 1.06 bits per heavy atom. The Morgan fingerprint density at radius 3 is 2.59 bits per heavy atom. The highest BCUT2D eigenvalue weighted by Gasteiger charge is 2.34. The lowest BCUT2D eigenvalue weighted by Crippen LogP contribution is -2.24.